The summed E-state index contributed by atoms with van der Waals surface area (Å²) in [5.74, 6) is -1.75. The van der Waals surface area contributed by atoms with Gasteiger partial charge in [-0.2, -0.15) is 0 Å². The Balaban J connectivity index is 0.894. The molecular formula is C74H48B2O8. The third kappa shape index (κ3) is 7.70. The first-order valence-corrected chi connectivity index (χ1v) is 28.4. The smallest absolute Gasteiger partial charge is 0.338 e. The van der Waals surface area contributed by atoms with Crippen LogP contribution in [0.15, 0.2) is 206 Å². The predicted molar refractivity (Wildman–Crippen MR) is 333 cm³/mol. The van der Waals surface area contributed by atoms with Crippen LogP contribution >= 0.6 is 0 Å². The van der Waals surface area contributed by atoms with Crippen molar-refractivity contribution < 1.29 is 38.1 Å². The number of esters is 4. The van der Waals surface area contributed by atoms with Crippen LogP contribution in [0.25, 0.3) is 76.8 Å². The van der Waals surface area contributed by atoms with Crippen LogP contribution in [-0.4, -0.2) is 37.3 Å². The first kappa shape index (κ1) is 49.5. The summed E-state index contributed by atoms with van der Waals surface area (Å²) in [5.41, 5.74) is 21.4. The van der Waals surface area contributed by atoms with Crippen LogP contribution in [0.5, 0.6) is 0 Å². The van der Waals surface area contributed by atoms with Gasteiger partial charge in [-0.25, -0.2) is 19.2 Å². The molecule has 0 N–H and O–H groups in total. The maximum Gasteiger partial charge on any atom is 0.338 e. The lowest BCUT2D eigenvalue weighted by Gasteiger charge is -2.32. The fourth-order valence-electron chi connectivity index (χ4n) is 14.1. The number of carbonyl (C=O) groups excluding carboxylic acids is 4. The number of hydrogen-bond donors (Lipinski definition) is 0. The van der Waals surface area contributed by atoms with Gasteiger partial charge < -0.3 is 18.9 Å². The van der Waals surface area contributed by atoms with Crippen LogP contribution in [0.2, 0.25) is 0 Å². The molecule has 0 bridgehead atoms. The average molecular weight is 1090 g/mol. The zero-order valence-corrected chi connectivity index (χ0v) is 45.9. The Morgan fingerprint density at radius 1 is 0.298 bits per heavy atom. The van der Waals surface area contributed by atoms with E-state index in [2.05, 4.69) is 50.2 Å². The third-order valence-electron chi connectivity index (χ3n) is 17.8. The molecule has 0 spiro atoms. The van der Waals surface area contributed by atoms with Crippen molar-refractivity contribution in [2.75, 3.05) is 0 Å². The highest BCUT2D eigenvalue weighted by Crippen LogP contribution is 2.48. The van der Waals surface area contributed by atoms with Gasteiger partial charge in [-0.3, -0.25) is 0 Å². The SMILES string of the molecule is Cc1cc2c3c(cc4c(C)cc5c6c(cc1c3c46)B1c3ccc(C(=O)OCc4ccccc4)cc3-c3cc(C(=O)OCc4ccccc4)cc-5c31)B1c3ccc(C(=O)OCc4ccccc4)cc3-c3cc(C(=O)OCc4ccccc4)cc-2c31. The molecule has 16 rings (SSSR count). The molecule has 10 heteroatoms. The van der Waals surface area contributed by atoms with Crippen LogP contribution in [0.1, 0.15) is 74.8 Å². The number of aryl methyl sites for hydroxylation is 2. The van der Waals surface area contributed by atoms with Gasteiger partial charge in [0.2, 0.25) is 13.4 Å². The van der Waals surface area contributed by atoms with Gasteiger partial charge in [-0.15, -0.1) is 0 Å². The summed E-state index contributed by atoms with van der Waals surface area (Å²) >= 11 is 0. The Morgan fingerprint density at radius 2 is 0.595 bits per heavy atom. The van der Waals surface area contributed by atoms with Crippen LogP contribution in [-0.2, 0) is 45.4 Å². The molecule has 0 unspecified atom stereocenters. The van der Waals surface area contributed by atoms with E-state index in [4.69, 9.17) is 18.9 Å². The summed E-state index contributed by atoms with van der Waals surface area (Å²) in [4.78, 5) is 56.9. The molecule has 12 aromatic carbocycles. The van der Waals surface area contributed by atoms with Gasteiger partial charge in [0.05, 0.1) is 22.3 Å². The number of fused-ring (bicyclic) bond motifs is 10. The van der Waals surface area contributed by atoms with Crippen molar-refractivity contribution in [2.24, 2.45) is 0 Å². The van der Waals surface area contributed by atoms with E-state index in [1.165, 1.54) is 0 Å². The zero-order chi connectivity index (χ0) is 56.5. The topological polar surface area (TPSA) is 105 Å². The first-order chi connectivity index (χ1) is 41.1. The quantitative estimate of drug-likeness (QED) is 0.0516. The van der Waals surface area contributed by atoms with E-state index in [0.29, 0.717) is 22.3 Å². The summed E-state index contributed by atoms with van der Waals surface area (Å²) in [6.07, 6.45) is 0. The van der Waals surface area contributed by atoms with Gasteiger partial charge in [0, 0.05) is 0 Å². The molecule has 398 valence electrons. The van der Waals surface area contributed by atoms with Crippen LogP contribution in [0, 0.1) is 13.8 Å². The lowest BCUT2D eigenvalue weighted by molar-refractivity contribution is 0.0464. The van der Waals surface area contributed by atoms with Crippen molar-refractivity contribution in [1.82, 2.24) is 0 Å². The van der Waals surface area contributed by atoms with Crippen LogP contribution in [0.3, 0.4) is 0 Å². The molecule has 0 aromatic heterocycles. The molecule has 0 atom stereocenters. The van der Waals surface area contributed by atoms with Gasteiger partial charge >= 0.3 is 23.9 Å². The number of ether oxygens (including phenoxy) is 4. The standard InChI is InChI=1S/C74H48B2O8/c1-41-27-55-59-33-49(73(79)83-39-45-19-11-5-12-20-45)31-57-53-29-48(72(78)82-38-44-17-9-4-10-18-44)24-26-62(53)76(69(57)59)64-36-52-42(2)28-56-60-34-50(74(80)84-40-46-21-13-6-14-22-46)32-58-54-30-47(71(77)81-37-43-15-7-3-8-16-43)23-25-61(54)75(70(58)60)63-35-51(41)67(65(55)64)68(52)66(56)63/h3-36H,37-40H2,1-2H3. The van der Waals surface area contributed by atoms with Gasteiger partial charge in [0.15, 0.2) is 0 Å². The lowest BCUT2D eigenvalue weighted by atomic mass is 9.34. The number of carbonyl (C=O) groups is 4. The van der Waals surface area contributed by atoms with E-state index in [-0.39, 0.29) is 39.9 Å². The minimum Gasteiger partial charge on any atom is -0.457 e. The fourth-order valence-corrected chi connectivity index (χ4v) is 14.1. The number of hydrogen-bond acceptors (Lipinski definition) is 8. The monoisotopic (exact) mass is 1090 g/mol. The minimum atomic E-state index is -0.442. The minimum absolute atomic E-state index is 0.115. The van der Waals surface area contributed by atoms with Gasteiger partial charge in [0.1, 0.15) is 26.4 Å². The summed E-state index contributed by atoms with van der Waals surface area (Å²) in [6, 6.07) is 67.7. The van der Waals surface area contributed by atoms with Crippen molar-refractivity contribution in [1.29, 1.82) is 0 Å². The molecule has 0 saturated carbocycles. The van der Waals surface area contributed by atoms with Gasteiger partial charge in [-0.05, 0) is 173 Å². The number of benzene rings is 12. The Kier molecular flexibility index (Phi) is 11.3. The van der Waals surface area contributed by atoms with E-state index in [1.807, 2.05) is 170 Å². The lowest BCUT2D eigenvalue weighted by Crippen LogP contribution is -2.53. The predicted octanol–water partition coefficient (Wildman–Crippen LogP) is 11.6. The molecule has 4 heterocycles. The summed E-state index contributed by atoms with van der Waals surface area (Å²) in [6.45, 7) is 4.40. The second-order valence-electron chi connectivity index (χ2n) is 22.7. The van der Waals surface area contributed by atoms with E-state index in [1.54, 1.807) is 0 Å². The fraction of sp³-hybridized carbons (Fsp3) is 0.0811. The Hall–Kier alpha value is -10.3. The molecule has 84 heavy (non-hydrogen) atoms. The molecule has 0 amide bonds. The average Bonchev–Trinajstić information content (AvgIpc) is 1.37. The maximum atomic E-state index is 14.5. The second kappa shape index (κ2) is 19.1. The maximum absolute atomic E-state index is 14.5. The van der Waals surface area contributed by atoms with E-state index in [0.717, 1.165) is 143 Å². The van der Waals surface area contributed by atoms with E-state index >= 15 is 0 Å². The third-order valence-corrected chi connectivity index (χ3v) is 17.8. The number of rotatable bonds is 12. The Bertz CT molecular complexity index is 4520. The van der Waals surface area contributed by atoms with Crippen molar-refractivity contribution in [3.63, 3.8) is 0 Å². The van der Waals surface area contributed by atoms with Gasteiger partial charge in [-0.1, -0.05) is 191 Å². The summed E-state index contributed by atoms with van der Waals surface area (Å²) < 4.78 is 24.0. The van der Waals surface area contributed by atoms with Crippen molar-refractivity contribution in [3.8, 4) is 44.5 Å². The van der Waals surface area contributed by atoms with Crippen molar-refractivity contribution in [2.45, 2.75) is 40.3 Å². The molecule has 0 fully saturated rings. The van der Waals surface area contributed by atoms with Crippen LogP contribution in [0.4, 0.5) is 0 Å². The molecule has 8 nitrogen and oxygen atoms in total. The molecule has 12 aromatic rings. The van der Waals surface area contributed by atoms with Crippen molar-refractivity contribution >= 4 is 102 Å². The highest BCUT2D eigenvalue weighted by atomic mass is 16.5. The largest absolute Gasteiger partial charge is 0.457 e. The Morgan fingerprint density at radius 3 is 0.929 bits per heavy atom. The molecular weight excluding hydrogens is 1040 g/mol. The molecule has 4 aliphatic heterocycles. The van der Waals surface area contributed by atoms with E-state index in [9.17, 15) is 19.2 Å². The summed E-state index contributed by atoms with van der Waals surface area (Å²) in [7, 11) is 0. The van der Waals surface area contributed by atoms with Crippen LogP contribution < -0.4 is 32.8 Å². The molecule has 4 aliphatic rings. The Labute approximate surface area is 484 Å². The second-order valence-corrected chi connectivity index (χ2v) is 22.7. The van der Waals surface area contributed by atoms with E-state index < -0.39 is 23.9 Å². The summed E-state index contributed by atoms with van der Waals surface area (Å²) in [5, 5.41) is 6.74. The molecule has 0 saturated heterocycles. The van der Waals surface area contributed by atoms with Crippen molar-refractivity contribution in [3.05, 3.63) is 262 Å². The zero-order valence-electron chi connectivity index (χ0n) is 45.9. The molecule has 0 aliphatic carbocycles. The highest BCUT2D eigenvalue weighted by Gasteiger charge is 2.45. The van der Waals surface area contributed by atoms with Gasteiger partial charge in [0.25, 0.3) is 0 Å². The highest BCUT2D eigenvalue weighted by molar-refractivity contribution is 7.03. The first-order valence-electron chi connectivity index (χ1n) is 28.4. The molecule has 0 radical (unpaired) electrons. The normalized spacial score (nSPS) is 12.5.